The standard InChI is InChI=1S/C19H23NO5S2/c1-3-16-8-12-18(13-9-16)27(23,24)25-19-5-4-14-20(19)26(21,22)17-10-6-15(2)7-11-17/h6-13,19H,3-5,14H2,1-2H3. The molecule has 6 nitrogen and oxygen atoms in total. The summed E-state index contributed by atoms with van der Waals surface area (Å²) in [6.07, 6.45) is 0.635. The predicted octanol–water partition coefficient (Wildman–Crippen LogP) is 3.07. The van der Waals surface area contributed by atoms with Crippen LogP contribution in [0.2, 0.25) is 0 Å². The fourth-order valence-corrected chi connectivity index (χ4v) is 5.73. The van der Waals surface area contributed by atoms with Gasteiger partial charge in [0.2, 0.25) is 10.0 Å². The van der Waals surface area contributed by atoms with E-state index in [1.165, 1.54) is 24.3 Å². The molecule has 1 heterocycles. The minimum atomic E-state index is -4.06. The summed E-state index contributed by atoms with van der Waals surface area (Å²) in [6.45, 7) is 4.08. The van der Waals surface area contributed by atoms with Gasteiger partial charge in [-0.1, -0.05) is 36.8 Å². The summed E-state index contributed by atoms with van der Waals surface area (Å²) in [4.78, 5) is 0.160. The highest BCUT2D eigenvalue weighted by atomic mass is 32.2. The topological polar surface area (TPSA) is 80.8 Å². The predicted molar refractivity (Wildman–Crippen MR) is 102 cm³/mol. The zero-order valence-corrected chi connectivity index (χ0v) is 17.0. The average molecular weight is 410 g/mol. The Morgan fingerprint density at radius 1 is 0.963 bits per heavy atom. The second-order valence-corrected chi connectivity index (χ2v) is 10.0. The van der Waals surface area contributed by atoms with Crippen LogP contribution in [0.25, 0.3) is 0 Å². The summed E-state index contributed by atoms with van der Waals surface area (Å²) in [5.74, 6) is 0. The van der Waals surface area contributed by atoms with Gasteiger partial charge in [0.25, 0.3) is 10.1 Å². The van der Waals surface area contributed by atoms with Crippen molar-refractivity contribution in [3.05, 3.63) is 59.7 Å². The first kappa shape index (κ1) is 20.0. The molecule has 0 amide bonds. The second kappa shape index (κ2) is 7.71. The Morgan fingerprint density at radius 3 is 2.15 bits per heavy atom. The molecule has 1 fully saturated rings. The molecule has 0 aliphatic carbocycles. The summed E-state index contributed by atoms with van der Waals surface area (Å²) >= 11 is 0. The van der Waals surface area contributed by atoms with E-state index < -0.39 is 26.4 Å². The zero-order chi connectivity index (χ0) is 19.7. The lowest BCUT2D eigenvalue weighted by atomic mass is 10.2. The van der Waals surface area contributed by atoms with E-state index in [1.807, 2.05) is 13.8 Å². The number of hydrogen-bond donors (Lipinski definition) is 0. The quantitative estimate of drug-likeness (QED) is 0.685. The molecule has 8 heteroatoms. The van der Waals surface area contributed by atoms with Crippen molar-refractivity contribution in [1.29, 1.82) is 0 Å². The summed E-state index contributed by atoms with van der Waals surface area (Å²) in [7, 11) is -7.88. The van der Waals surface area contributed by atoms with Crippen LogP contribution in [-0.2, 0) is 30.7 Å². The lowest BCUT2D eigenvalue weighted by Crippen LogP contribution is -2.38. The van der Waals surface area contributed by atoms with Gasteiger partial charge in [-0.3, -0.25) is 0 Å². The monoisotopic (exact) mass is 409 g/mol. The molecule has 1 atom stereocenters. The van der Waals surface area contributed by atoms with Crippen LogP contribution in [0.1, 0.15) is 30.9 Å². The highest BCUT2D eigenvalue weighted by Crippen LogP contribution is 2.29. The zero-order valence-electron chi connectivity index (χ0n) is 15.3. The van der Waals surface area contributed by atoms with Gasteiger partial charge in [-0.25, -0.2) is 12.6 Å². The maximum atomic E-state index is 12.9. The molecule has 0 aromatic heterocycles. The van der Waals surface area contributed by atoms with Crippen molar-refractivity contribution in [2.45, 2.75) is 49.1 Å². The molecule has 0 saturated carbocycles. The van der Waals surface area contributed by atoms with E-state index >= 15 is 0 Å². The second-order valence-electron chi connectivity index (χ2n) is 6.57. The third-order valence-corrected chi connectivity index (χ3v) is 7.86. The van der Waals surface area contributed by atoms with Crippen LogP contribution in [0.5, 0.6) is 0 Å². The third-order valence-electron chi connectivity index (χ3n) is 4.64. The fourth-order valence-electron chi connectivity index (χ4n) is 3.02. The molecule has 27 heavy (non-hydrogen) atoms. The van der Waals surface area contributed by atoms with Gasteiger partial charge in [0.1, 0.15) is 6.23 Å². The lowest BCUT2D eigenvalue weighted by molar-refractivity contribution is 0.128. The van der Waals surface area contributed by atoms with Gasteiger partial charge in [-0.05, 0) is 56.0 Å². The Bertz CT molecular complexity index is 997. The molecule has 0 bridgehead atoms. The SMILES string of the molecule is CCc1ccc(S(=O)(=O)OC2CCCN2S(=O)(=O)c2ccc(C)cc2)cc1. The van der Waals surface area contributed by atoms with Crippen LogP contribution in [0, 0.1) is 6.92 Å². The first-order valence-electron chi connectivity index (χ1n) is 8.85. The molecule has 3 rings (SSSR count). The average Bonchev–Trinajstić information content (AvgIpc) is 3.10. The molecule has 2 aromatic carbocycles. The van der Waals surface area contributed by atoms with Crippen LogP contribution < -0.4 is 0 Å². The van der Waals surface area contributed by atoms with Crippen molar-refractivity contribution in [3.63, 3.8) is 0 Å². The number of hydrogen-bond acceptors (Lipinski definition) is 5. The number of benzene rings is 2. The Morgan fingerprint density at radius 2 is 1.56 bits per heavy atom. The Kier molecular flexibility index (Phi) is 5.71. The van der Waals surface area contributed by atoms with Crippen molar-refractivity contribution in [2.24, 2.45) is 0 Å². The van der Waals surface area contributed by atoms with E-state index in [-0.39, 0.29) is 16.3 Å². The molecule has 1 saturated heterocycles. The summed E-state index contributed by atoms with van der Waals surface area (Å²) in [5, 5.41) is 0. The van der Waals surface area contributed by atoms with Gasteiger partial charge < -0.3 is 0 Å². The largest absolute Gasteiger partial charge is 0.298 e. The van der Waals surface area contributed by atoms with Gasteiger partial charge in [0.15, 0.2) is 0 Å². The van der Waals surface area contributed by atoms with E-state index in [1.54, 1.807) is 24.3 Å². The van der Waals surface area contributed by atoms with Crippen LogP contribution >= 0.6 is 0 Å². The van der Waals surface area contributed by atoms with E-state index in [2.05, 4.69) is 0 Å². The molecule has 1 aliphatic heterocycles. The molecule has 146 valence electrons. The van der Waals surface area contributed by atoms with E-state index in [0.717, 1.165) is 21.9 Å². The Balaban J connectivity index is 1.84. The van der Waals surface area contributed by atoms with Crippen molar-refractivity contribution < 1.29 is 21.0 Å². The Hall–Kier alpha value is -1.74. The van der Waals surface area contributed by atoms with Gasteiger partial charge in [-0.15, -0.1) is 0 Å². The van der Waals surface area contributed by atoms with Gasteiger partial charge in [0.05, 0.1) is 9.79 Å². The third kappa shape index (κ3) is 4.24. The molecule has 0 spiro atoms. The van der Waals surface area contributed by atoms with E-state index in [0.29, 0.717) is 12.8 Å². The minimum Gasteiger partial charge on any atom is -0.246 e. The molecule has 0 radical (unpaired) electrons. The minimum absolute atomic E-state index is 0.0271. The number of nitrogens with zero attached hydrogens (tertiary/aromatic N) is 1. The Labute approximate surface area is 161 Å². The molecule has 0 N–H and O–H groups in total. The van der Waals surface area contributed by atoms with Crippen LogP contribution in [0.15, 0.2) is 58.3 Å². The number of rotatable bonds is 6. The van der Waals surface area contributed by atoms with Crippen molar-refractivity contribution in [1.82, 2.24) is 4.31 Å². The normalized spacial score (nSPS) is 18.7. The summed E-state index contributed by atoms with van der Waals surface area (Å²) in [6, 6.07) is 12.9. The molecule has 1 unspecified atom stereocenters. The number of sulfonamides is 1. The molecule has 2 aromatic rings. The van der Waals surface area contributed by atoms with Crippen molar-refractivity contribution in [2.75, 3.05) is 6.54 Å². The first-order valence-corrected chi connectivity index (χ1v) is 11.7. The smallest absolute Gasteiger partial charge is 0.246 e. The molecular formula is C19H23NO5S2. The van der Waals surface area contributed by atoms with Crippen LogP contribution in [-0.4, -0.2) is 33.9 Å². The highest BCUT2D eigenvalue weighted by Gasteiger charge is 2.39. The van der Waals surface area contributed by atoms with Crippen molar-refractivity contribution in [3.8, 4) is 0 Å². The van der Waals surface area contributed by atoms with Crippen LogP contribution in [0.3, 0.4) is 0 Å². The maximum Gasteiger partial charge on any atom is 0.298 e. The van der Waals surface area contributed by atoms with Gasteiger partial charge >= 0.3 is 0 Å². The highest BCUT2D eigenvalue weighted by molar-refractivity contribution is 7.89. The van der Waals surface area contributed by atoms with Gasteiger partial charge in [-0.2, -0.15) is 12.7 Å². The van der Waals surface area contributed by atoms with Crippen LogP contribution in [0.4, 0.5) is 0 Å². The van der Waals surface area contributed by atoms with E-state index in [4.69, 9.17) is 4.18 Å². The van der Waals surface area contributed by atoms with E-state index in [9.17, 15) is 16.8 Å². The number of aryl methyl sites for hydroxylation is 2. The van der Waals surface area contributed by atoms with Crippen molar-refractivity contribution >= 4 is 20.1 Å². The summed E-state index contributed by atoms with van der Waals surface area (Å²) < 4.78 is 57.5. The molecular weight excluding hydrogens is 386 g/mol. The molecule has 1 aliphatic rings. The first-order chi connectivity index (χ1) is 12.7. The fraction of sp³-hybridized carbons (Fsp3) is 0.368. The maximum absolute atomic E-state index is 12.9. The van der Waals surface area contributed by atoms with Gasteiger partial charge in [0, 0.05) is 6.54 Å². The summed E-state index contributed by atoms with van der Waals surface area (Å²) in [5.41, 5.74) is 1.96. The lowest BCUT2D eigenvalue weighted by Gasteiger charge is -2.23.